The molecule has 8 nitrogen and oxygen atoms in total. The number of amides is 1. The molecule has 28 heavy (non-hydrogen) atoms. The number of para-hydroxylation sites is 1. The second-order valence-electron chi connectivity index (χ2n) is 5.72. The van der Waals surface area contributed by atoms with Crippen molar-refractivity contribution in [3.8, 4) is 0 Å². The average Bonchev–Trinajstić information content (AvgIpc) is 3.03. The number of aromatic nitrogens is 3. The second-order valence-corrected chi connectivity index (χ2v) is 7.07. The third kappa shape index (κ3) is 5.02. The second kappa shape index (κ2) is 9.25. The van der Waals surface area contributed by atoms with E-state index in [4.69, 9.17) is 17.4 Å². The Kier molecular flexibility index (Phi) is 6.51. The number of thioether (sulfide) groups is 1. The highest BCUT2D eigenvalue weighted by Crippen LogP contribution is 2.18. The van der Waals surface area contributed by atoms with Crippen molar-refractivity contribution in [3.05, 3.63) is 64.7 Å². The molecule has 3 aromatic rings. The number of carbonyl (C=O) groups excluding carboxylic acids is 1. The van der Waals surface area contributed by atoms with Crippen molar-refractivity contribution in [2.75, 3.05) is 22.3 Å². The summed E-state index contributed by atoms with van der Waals surface area (Å²) in [4.78, 5) is 12.1. The maximum absolute atomic E-state index is 12.1. The lowest BCUT2D eigenvalue weighted by atomic mass is 10.2. The van der Waals surface area contributed by atoms with Gasteiger partial charge in [0.05, 0.1) is 12.0 Å². The SMILES string of the molecule is Cc1ccccc1NC(=O)CSc1nnc(N/N=C/c2ccccc2Cl)n1N. The van der Waals surface area contributed by atoms with Gasteiger partial charge >= 0.3 is 0 Å². The van der Waals surface area contributed by atoms with Crippen molar-refractivity contribution < 1.29 is 4.79 Å². The number of hydrazone groups is 1. The monoisotopic (exact) mass is 415 g/mol. The van der Waals surface area contributed by atoms with E-state index in [2.05, 4.69) is 26.0 Å². The standard InChI is InChI=1S/C18H18ClN7OS/c1-12-6-2-5-9-15(12)22-16(27)11-28-18-25-24-17(26(18)20)23-21-10-13-7-3-4-8-14(13)19/h2-10H,11,20H2,1H3,(H,22,27)(H,23,24)/b21-10+. The lowest BCUT2D eigenvalue weighted by molar-refractivity contribution is -0.113. The van der Waals surface area contributed by atoms with Crippen molar-refractivity contribution >= 4 is 47.1 Å². The first-order chi connectivity index (χ1) is 13.5. The first-order valence-corrected chi connectivity index (χ1v) is 9.63. The van der Waals surface area contributed by atoms with Crippen molar-refractivity contribution in [1.29, 1.82) is 0 Å². The Morgan fingerprint density at radius 1 is 1.25 bits per heavy atom. The molecule has 0 radical (unpaired) electrons. The number of halogens is 1. The fraction of sp³-hybridized carbons (Fsp3) is 0.111. The molecule has 0 saturated heterocycles. The number of anilines is 2. The molecular formula is C18H18ClN7OS. The van der Waals surface area contributed by atoms with Crippen LogP contribution in [0, 0.1) is 6.92 Å². The van der Waals surface area contributed by atoms with Gasteiger partial charge in [-0.15, -0.1) is 10.2 Å². The highest BCUT2D eigenvalue weighted by molar-refractivity contribution is 7.99. The van der Waals surface area contributed by atoms with Crippen LogP contribution in [0.5, 0.6) is 0 Å². The number of hydrogen-bond acceptors (Lipinski definition) is 7. The zero-order valence-electron chi connectivity index (χ0n) is 15.0. The zero-order chi connectivity index (χ0) is 19.9. The van der Waals surface area contributed by atoms with E-state index in [9.17, 15) is 4.79 Å². The van der Waals surface area contributed by atoms with E-state index in [-0.39, 0.29) is 17.6 Å². The average molecular weight is 416 g/mol. The van der Waals surface area contributed by atoms with Crippen LogP contribution in [0.3, 0.4) is 0 Å². The molecule has 144 valence electrons. The fourth-order valence-electron chi connectivity index (χ4n) is 2.22. The number of benzene rings is 2. The Labute approximate surface area is 171 Å². The van der Waals surface area contributed by atoms with Crippen LogP contribution >= 0.6 is 23.4 Å². The highest BCUT2D eigenvalue weighted by atomic mass is 35.5. The minimum absolute atomic E-state index is 0.145. The van der Waals surface area contributed by atoms with Crippen molar-refractivity contribution in [1.82, 2.24) is 14.9 Å². The molecule has 10 heteroatoms. The highest BCUT2D eigenvalue weighted by Gasteiger charge is 2.12. The maximum Gasteiger partial charge on any atom is 0.264 e. The molecule has 0 atom stereocenters. The Hall–Kier alpha value is -3.04. The molecule has 1 heterocycles. The van der Waals surface area contributed by atoms with E-state index < -0.39 is 0 Å². The van der Waals surface area contributed by atoms with Crippen LogP contribution in [-0.4, -0.2) is 32.7 Å². The van der Waals surface area contributed by atoms with Crippen LogP contribution in [-0.2, 0) is 4.79 Å². The van der Waals surface area contributed by atoms with E-state index >= 15 is 0 Å². The summed E-state index contributed by atoms with van der Waals surface area (Å²) >= 11 is 7.23. The zero-order valence-corrected chi connectivity index (χ0v) is 16.5. The van der Waals surface area contributed by atoms with Gasteiger partial charge < -0.3 is 11.2 Å². The van der Waals surface area contributed by atoms with Crippen molar-refractivity contribution in [3.63, 3.8) is 0 Å². The summed E-state index contributed by atoms with van der Waals surface area (Å²) in [7, 11) is 0. The first kappa shape index (κ1) is 19.7. The molecule has 2 aromatic carbocycles. The summed E-state index contributed by atoms with van der Waals surface area (Å²) in [6.45, 7) is 1.93. The van der Waals surface area contributed by atoms with Gasteiger partial charge in [-0.1, -0.05) is 59.8 Å². The molecule has 0 aliphatic carbocycles. The van der Waals surface area contributed by atoms with Gasteiger partial charge in [-0.3, -0.25) is 4.79 Å². The van der Waals surface area contributed by atoms with Gasteiger partial charge in [-0.05, 0) is 24.6 Å². The molecule has 0 saturated carbocycles. The molecule has 0 bridgehead atoms. The molecule has 1 aromatic heterocycles. The number of rotatable bonds is 7. The Balaban J connectivity index is 1.55. The predicted molar refractivity (Wildman–Crippen MR) is 113 cm³/mol. The lowest BCUT2D eigenvalue weighted by Gasteiger charge is -2.07. The number of carbonyl (C=O) groups is 1. The van der Waals surface area contributed by atoms with Crippen LogP contribution in [0.15, 0.2) is 58.8 Å². The summed E-state index contributed by atoms with van der Waals surface area (Å²) in [5.41, 5.74) is 5.23. The fourth-order valence-corrected chi connectivity index (χ4v) is 3.06. The molecule has 0 aliphatic heterocycles. The van der Waals surface area contributed by atoms with Gasteiger partial charge in [0, 0.05) is 16.3 Å². The van der Waals surface area contributed by atoms with Crippen molar-refractivity contribution in [2.45, 2.75) is 12.1 Å². The van der Waals surface area contributed by atoms with E-state index in [1.165, 1.54) is 16.4 Å². The van der Waals surface area contributed by atoms with E-state index in [1.807, 2.05) is 49.4 Å². The molecule has 0 fully saturated rings. The van der Waals surface area contributed by atoms with E-state index in [1.54, 1.807) is 12.3 Å². The number of hydrogen-bond donors (Lipinski definition) is 3. The summed E-state index contributed by atoms with van der Waals surface area (Å²) < 4.78 is 1.23. The van der Waals surface area contributed by atoms with Crippen LogP contribution < -0.4 is 16.6 Å². The first-order valence-electron chi connectivity index (χ1n) is 8.27. The Morgan fingerprint density at radius 2 is 2.00 bits per heavy atom. The Bertz CT molecular complexity index is 1010. The molecule has 0 aliphatic rings. The number of nitrogens with one attached hydrogen (secondary N) is 2. The molecule has 4 N–H and O–H groups in total. The predicted octanol–water partition coefficient (Wildman–Crippen LogP) is 3.13. The van der Waals surface area contributed by atoms with E-state index in [0.29, 0.717) is 10.2 Å². The van der Waals surface area contributed by atoms with Gasteiger partial charge in [-0.25, -0.2) is 10.1 Å². The normalized spacial score (nSPS) is 10.9. The summed E-state index contributed by atoms with van der Waals surface area (Å²) in [5, 5.41) is 15.8. The third-order valence-corrected chi connectivity index (χ3v) is 4.98. The largest absolute Gasteiger partial charge is 0.334 e. The van der Waals surface area contributed by atoms with Crippen molar-refractivity contribution in [2.24, 2.45) is 5.10 Å². The number of aryl methyl sites for hydroxylation is 1. The van der Waals surface area contributed by atoms with Gasteiger partial charge in [0.1, 0.15) is 0 Å². The van der Waals surface area contributed by atoms with Gasteiger partial charge in [0.2, 0.25) is 11.1 Å². The molecular weight excluding hydrogens is 398 g/mol. The minimum atomic E-state index is -0.159. The molecule has 1 amide bonds. The lowest BCUT2D eigenvalue weighted by Crippen LogP contribution is -2.17. The van der Waals surface area contributed by atoms with Crippen LogP contribution in [0.4, 0.5) is 11.6 Å². The smallest absolute Gasteiger partial charge is 0.264 e. The molecule has 3 rings (SSSR count). The number of nitrogens with zero attached hydrogens (tertiary/aromatic N) is 4. The number of nitrogen functional groups attached to an aromatic ring is 1. The summed E-state index contributed by atoms with van der Waals surface area (Å²) in [6, 6.07) is 14.9. The summed E-state index contributed by atoms with van der Waals surface area (Å²) in [6.07, 6.45) is 1.56. The summed E-state index contributed by atoms with van der Waals surface area (Å²) in [5.74, 6) is 6.18. The van der Waals surface area contributed by atoms with Gasteiger partial charge in [0.15, 0.2) is 0 Å². The quantitative estimate of drug-likeness (QED) is 0.236. The molecule has 0 unspecified atom stereocenters. The minimum Gasteiger partial charge on any atom is -0.334 e. The van der Waals surface area contributed by atoms with Crippen LogP contribution in [0.25, 0.3) is 0 Å². The van der Waals surface area contributed by atoms with Crippen LogP contribution in [0.2, 0.25) is 5.02 Å². The Morgan fingerprint density at radius 3 is 2.79 bits per heavy atom. The third-order valence-electron chi connectivity index (χ3n) is 3.69. The van der Waals surface area contributed by atoms with Gasteiger partial charge in [-0.2, -0.15) is 5.10 Å². The van der Waals surface area contributed by atoms with Gasteiger partial charge in [0.25, 0.3) is 5.95 Å². The maximum atomic E-state index is 12.1. The van der Waals surface area contributed by atoms with Crippen LogP contribution in [0.1, 0.15) is 11.1 Å². The number of nitrogens with two attached hydrogens (primary N) is 1. The van der Waals surface area contributed by atoms with E-state index in [0.717, 1.165) is 16.8 Å². The molecule has 0 spiro atoms. The topological polar surface area (TPSA) is 110 Å².